The minimum absolute atomic E-state index is 0. The summed E-state index contributed by atoms with van der Waals surface area (Å²) in [5, 5.41) is 0. The Labute approximate surface area is 76.9 Å². The van der Waals surface area contributed by atoms with Crippen LogP contribution in [-0.4, -0.2) is 9.55 Å². The van der Waals surface area contributed by atoms with E-state index in [-0.39, 0.29) is 29.2 Å². The molecule has 0 bridgehead atoms. The number of hydrogen-bond acceptors (Lipinski definition) is 1. The van der Waals surface area contributed by atoms with Crippen LogP contribution >= 0.6 is 0 Å². The normalized spacial score (nSPS) is 7.20. The Balaban J connectivity index is 0. The van der Waals surface area contributed by atoms with Crippen molar-refractivity contribution in [3.8, 4) is 0 Å². The van der Waals surface area contributed by atoms with Crippen LogP contribution in [0.15, 0.2) is 31.4 Å². The maximum absolute atomic E-state index is 3.86. The van der Waals surface area contributed by atoms with Gasteiger partial charge < -0.3 is 17.0 Å². The van der Waals surface area contributed by atoms with E-state index in [0.29, 0.717) is 0 Å². The summed E-state index contributed by atoms with van der Waals surface area (Å²) in [6.45, 7) is 4.43. The van der Waals surface area contributed by atoms with Gasteiger partial charge in [0.25, 0.3) is 0 Å². The van der Waals surface area contributed by atoms with E-state index in [0.717, 1.165) is 6.54 Å². The van der Waals surface area contributed by atoms with Crippen LogP contribution in [0.2, 0.25) is 0 Å². The van der Waals surface area contributed by atoms with Crippen molar-refractivity contribution >= 4 is 0 Å². The van der Waals surface area contributed by atoms with Crippen molar-refractivity contribution in [3.63, 3.8) is 0 Å². The van der Waals surface area contributed by atoms with Crippen LogP contribution < -0.4 is 12.4 Å². The van der Waals surface area contributed by atoms with E-state index in [4.69, 9.17) is 0 Å². The standard InChI is InChI=1S/C6H8N2.ClH.Co/c1-2-4-8-5-3-7-6-8;;/h2-3,5-6H,1,4H2;1H;/q;;+2/p-1. The first-order valence-corrected chi connectivity index (χ1v) is 2.50. The average Bonchev–Trinajstić information content (AvgIpc) is 2.19. The third kappa shape index (κ3) is 3.71. The van der Waals surface area contributed by atoms with Crippen LogP contribution in [0.4, 0.5) is 0 Å². The van der Waals surface area contributed by atoms with Crippen LogP contribution in [0.25, 0.3) is 0 Å². The SMILES string of the molecule is C=CCn1ccnc1.[Cl-].[Co+2]. The van der Waals surface area contributed by atoms with Gasteiger partial charge in [-0.1, -0.05) is 6.08 Å². The molecule has 57 valence electrons. The van der Waals surface area contributed by atoms with Crippen LogP contribution in [0, 0.1) is 0 Å². The molecule has 0 aromatic carbocycles. The average molecular weight is 203 g/mol. The smallest absolute Gasteiger partial charge is 1.00 e. The first-order chi connectivity index (χ1) is 3.93. The second kappa shape index (κ2) is 6.86. The first-order valence-electron chi connectivity index (χ1n) is 2.50. The van der Waals surface area contributed by atoms with Crippen molar-refractivity contribution in [2.75, 3.05) is 0 Å². The van der Waals surface area contributed by atoms with E-state index in [1.165, 1.54) is 0 Å². The van der Waals surface area contributed by atoms with Gasteiger partial charge in [-0.05, 0) is 0 Å². The van der Waals surface area contributed by atoms with Gasteiger partial charge in [-0.25, -0.2) is 4.98 Å². The van der Waals surface area contributed by atoms with Crippen molar-refractivity contribution in [1.29, 1.82) is 0 Å². The second-order valence-electron chi connectivity index (χ2n) is 1.55. The molecule has 0 aliphatic carbocycles. The Morgan fingerprint density at radius 2 is 2.30 bits per heavy atom. The molecule has 1 aromatic rings. The number of imidazole rings is 1. The molecule has 0 saturated carbocycles. The zero-order valence-corrected chi connectivity index (χ0v) is 7.13. The van der Waals surface area contributed by atoms with Gasteiger partial charge in [-0.2, -0.15) is 0 Å². The topological polar surface area (TPSA) is 17.8 Å². The summed E-state index contributed by atoms with van der Waals surface area (Å²) in [7, 11) is 0. The molecule has 0 unspecified atom stereocenters. The second-order valence-corrected chi connectivity index (χ2v) is 1.55. The molecular weight excluding hydrogens is 194 g/mol. The Morgan fingerprint density at radius 1 is 1.60 bits per heavy atom. The van der Waals surface area contributed by atoms with E-state index in [1.807, 2.05) is 16.8 Å². The van der Waals surface area contributed by atoms with Crippen molar-refractivity contribution in [2.24, 2.45) is 0 Å². The quantitative estimate of drug-likeness (QED) is 0.511. The predicted octanol–water partition coefficient (Wildman–Crippen LogP) is -1.93. The molecule has 1 radical (unpaired) electrons. The van der Waals surface area contributed by atoms with E-state index < -0.39 is 0 Å². The molecule has 2 nitrogen and oxygen atoms in total. The summed E-state index contributed by atoms with van der Waals surface area (Å²) >= 11 is 0. The van der Waals surface area contributed by atoms with Crippen molar-refractivity contribution < 1.29 is 29.2 Å². The van der Waals surface area contributed by atoms with Gasteiger partial charge in [0, 0.05) is 18.9 Å². The van der Waals surface area contributed by atoms with Gasteiger partial charge in [0.1, 0.15) is 0 Å². The van der Waals surface area contributed by atoms with E-state index in [9.17, 15) is 0 Å². The van der Waals surface area contributed by atoms with Crippen molar-refractivity contribution in [3.05, 3.63) is 31.4 Å². The molecule has 0 fully saturated rings. The number of nitrogens with zero attached hydrogens (tertiary/aromatic N) is 2. The first kappa shape index (κ1) is 12.4. The maximum Gasteiger partial charge on any atom is 2.00 e. The Hall–Kier alpha value is -0.254. The van der Waals surface area contributed by atoms with Crippen LogP contribution in [0.5, 0.6) is 0 Å². The van der Waals surface area contributed by atoms with Gasteiger partial charge >= 0.3 is 16.8 Å². The van der Waals surface area contributed by atoms with Crippen LogP contribution in [-0.2, 0) is 23.3 Å². The van der Waals surface area contributed by atoms with E-state index in [1.54, 1.807) is 12.5 Å². The minimum Gasteiger partial charge on any atom is -1.00 e. The molecule has 0 saturated heterocycles. The zero-order chi connectivity index (χ0) is 5.82. The van der Waals surface area contributed by atoms with E-state index >= 15 is 0 Å². The Morgan fingerprint density at radius 3 is 2.70 bits per heavy atom. The monoisotopic (exact) mass is 202 g/mol. The molecule has 4 heteroatoms. The van der Waals surface area contributed by atoms with Crippen LogP contribution in [0.1, 0.15) is 0 Å². The Bertz CT molecular complexity index is 162. The Kier molecular flexibility index (Phi) is 8.52. The number of hydrogen-bond donors (Lipinski definition) is 0. The van der Waals surface area contributed by atoms with Gasteiger partial charge in [-0.3, -0.25) is 0 Å². The number of halogens is 1. The zero-order valence-electron chi connectivity index (χ0n) is 5.33. The fraction of sp³-hybridized carbons (Fsp3) is 0.167. The number of rotatable bonds is 2. The molecule has 0 N–H and O–H groups in total. The van der Waals surface area contributed by atoms with Gasteiger partial charge in [0.15, 0.2) is 0 Å². The molecule has 0 amide bonds. The fourth-order valence-electron chi connectivity index (χ4n) is 0.544. The third-order valence-corrected chi connectivity index (χ3v) is 0.899. The van der Waals surface area contributed by atoms with Gasteiger partial charge in [-0.15, -0.1) is 6.58 Å². The van der Waals surface area contributed by atoms with Crippen molar-refractivity contribution in [1.82, 2.24) is 9.55 Å². The summed E-state index contributed by atoms with van der Waals surface area (Å²) < 4.78 is 1.95. The fourth-order valence-corrected chi connectivity index (χ4v) is 0.544. The predicted molar refractivity (Wildman–Crippen MR) is 32.4 cm³/mol. The molecule has 0 spiro atoms. The molecule has 0 atom stereocenters. The maximum atomic E-state index is 3.86. The molecule has 0 aliphatic rings. The minimum atomic E-state index is 0. The summed E-state index contributed by atoms with van der Waals surface area (Å²) in [6.07, 6.45) is 7.26. The molecule has 10 heavy (non-hydrogen) atoms. The molecule has 0 aliphatic heterocycles. The van der Waals surface area contributed by atoms with Crippen LogP contribution in [0.3, 0.4) is 0 Å². The number of aromatic nitrogens is 2. The number of allylic oxidation sites excluding steroid dienone is 1. The molecular formula is C6H8ClCoN2+. The largest absolute Gasteiger partial charge is 2.00 e. The van der Waals surface area contributed by atoms with Crippen molar-refractivity contribution in [2.45, 2.75) is 6.54 Å². The molecule has 1 heterocycles. The summed E-state index contributed by atoms with van der Waals surface area (Å²) in [4.78, 5) is 3.86. The molecule has 1 rings (SSSR count). The van der Waals surface area contributed by atoms with E-state index in [2.05, 4.69) is 11.6 Å². The van der Waals surface area contributed by atoms with Gasteiger partial charge in [0.05, 0.1) is 6.33 Å². The molecule has 1 aromatic heterocycles. The summed E-state index contributed by atoms with van der Waals surface area (Å²) in [6, 6.07) is 0. The third-order valence-electron chi connectivity index (χ3n) is 0.899. The summed E-state index contributed by atoms with van der Waals surface area (Å²) in [5.74, 6) is 0. The summed E-state index contributed by atoms with van der Waals surface area (Å²) in [5.41, 5.74) is 0. The van der Waals surface area contributed by atoms with Gasteiger partial charge in [0.2, 0.25) is 0 Å².